The lowest BCUT2D eigenvalue weighted by molar-refractivity contribution is -0.130. The van der Waals surface area contributed by atoms with Crippen molar-refractivity contribution in [2.24, 2.45) is 0 Å². The number of hydrogen-bond donors (Lipinski definition) is 0. The predicted molar refractivity (Wildman–Crippen MR) is 91.2 cm³/mol. The molecule has 3 amide bonds. The summed E-state index contributed by atoms with van der Waals surface area (Å²) < 4.78 is 0. The van der Waals surface area contributed by atoms with Gasteiger partial charge in [-0.05, 0) is 24.6 Å². The van der Waals surface area contributed by atoms with E-state index < -0.39 is 0 Å². The van der Waals surface area contributed by atoms with Gasteiger partial charge < -0.3 is 14.7 Å². The Kier molecular flexibility index (Phi) is 4.76. The molecule has 6 nitrogen and oxygen atoms in total. The summed E-state index contributed by atoms with van der Waals surface area (Å²) in [5.74, 6) is -0.0748. The second kappa shape index (κ2) is 6.81. The first-order valence-electron chi connectivity index (χ1n) is 8.12. The van der Waals surface area contributed by atoms with Gasteiger partial charge in [-0.25, -0.2) is 0 Å². The molecule has 0 aliphatic carbocycles. The van der Waals surface area contributed by atoms with Gasteiger partial charge in [0.2, 0.25) is 11.8 Å². The average molecular weight is 350 g/mol. The van der Waals surface area contributed by atoms with Crippen molar-refractivity contribution in [2.75, 3.05) is 37.6 Å². The quantitative estimate of drug-likeness (QED) is 0.817. The van der Waals surface area contributed by atoms with E-state index in [0.29, 0.717) is 55.4 Å². The van der Waals surface area contributed by atoms with Crippen LogP contribution in [0.4, 0.5) is 5.69 Å². The predicted octanol–water partition coefficient (Wildman–Crippen LogP) is 1.77. The summed E-state index contributed by atoms with van der Waals surface area (Å²) in [6, 6.07) is 5.04. The van der Waals surface area contributed by atoms with Crippen LogP contribution in [0.1, 0.15) is 30.1 Å². The minimum Gasteiger partial charge on any atom is -0.339 e. The second-order valence-electron chi connectivity index (χ2n) is 6.11. The van der Waals surface area contributed by atoms with E-state index in [4.69, 9.17) is 11.6 Å². The fourth-order valence-corrected chi connectivity index (χ4v) is 3.37. The summed E-state index contributed by atoms with van der Waals surface area (Å²) in [6.45, 7) is 4.20. The average Bonchev–Trinajstić information content (AvgIpc) is 3.00. The third-order valence-corrected chi connectivity index (χ3v) is 4.80. The summed E-state index contributed by atoms with van der Waals surface area (Å²) in [7, 11) is 0. The van der Waals surface area contributed by atoms with Gasteiger partial charge in [-0.3, -0.25) is 14.4 Å². The molecule has 2 aliphatic heterocycles. The molecule has 0 radical (unpaired) electrons. The molecule has 7 heteroatoms. The van der Waals surface area contributed by atoms with Crippen LogP contribution in [-0.2, 0) is 9.59 Å². The number of anilines is 1. The zero-order valence-electron chi connectivity index (χ0n) is 13.6. The summed E-state index contributed by atoms with van der Waals surface area (Å²) in [4.78, 5) is 41.5. The van der Waals surface area contributed by atoms with Crippen LogP contribution < -0.4 is 4.90 Å². The Labute approximate surface area is 146 Å². The monoisotopic (exact) mass is 349 g/mol. The van der Waals surface area contributed by atoms with Crippen molar-refractivity contribution in [3.63, 3.8) is 0 Å². The molecule has 1 aromatic carbocycles. The van der Waals surface area contributed by atoms with E-state index in [9.17, 15) is 14.4 Å². The Bertz CT molecular complexity index is 684. The van der Waals surface area contributed by atoms with Gasteiger partial charge in [0.25, 0.3) is 5.91 Å². The minimum absolute atomic E-state index is 0.0210. The highest BCUT2D eigenvalue weighted by Crippen LogP contribution is 2.29. The number of carbonyl (C=O) groups is 3. The molecular weight excluding hydrogens is 330 g/mol. The zero-order chi connectivity index (χ0) is 17.3. The van der Waals surface area contributed by atoms with E-state index in [1.165, 1.54) is 6.92 Å². The Balaban J connectivity index is 1.83. The largest absolute Gasteiger partial charge is 0.339 e. The van der Waals surface area contributed by atoms with E-state index >= 15 is 0 Å². The summed E-state index contributed by atoms with van der Waals surface area (Å²) in [5, 5.41) is 0.502. The molecule has 2 saturated heterocycles. The maximum Gasteiger partial charge on any atom is 0.256 e. The van der Waals surface area contributed by atoms with E-state index in [1.807, 2.05) is 0 Å². The maximum absolute atomic E-state index is 12.9. The van der Waals surface area contributed by atoms with Gasteiger partial charge in [0.1, 0.15) is 0 Å². The fourth-order valence-electron chi connectivity index (χ4n) is 3.21. The molecule has 0 unspecified atom stereocenters. The third-order valence-electron chi connectivity index (χ3n) is 4.57. The Morgan fingerprint density at radius 2 is 1.71 bits per heavy atom. The van der Waals surface area contributed by atoms with Gasteiger partial charge in [-0.1, -0.05) is 11.6 Å². The van der Waals surface area contributed by atoms with Gasteiger partial charge in [-0.2, -0.15) is 0 Å². The molecule has 0 bridgehead atoms. The first-order chi connectivity index (χ1) is 11.5. The van der Waals surface area contributed by atoms with Crippen molar-refractivity contribution < 1.29 is 14.4 Å². The molecule has 2 fully saturated rings. The van der Waals surface area contributed by atoms with Crippen LogP contribution in [0.15, 0.2) is 18.2 Å². The van der Waals surface area contributed by atoms with Crippen molar-refractivity contribution in [1.82, 2.24) is 9.80 Å². The molecule has 0 N–H and O–H groups in total. The highest BCUT2D eigenvalue weighted by atomic mass is 35.5. The van der Waals surface area contributed by atoms with Crippen LogP contribution >= 0.6 is 11.6 Å². The van der Waals surface area contributed by atoms with E-state index in [1.54, 1.807) is 32.9 Å². The van der Waals surface area contributed by atoms with Crippen molar-refractivity contribution in [1.29, 1.82) is 0 Å². The molecular formula is C17H20ClN3O3. The summed E-state index contributed by atoms with van der Waals surface area (Å²) in [5.41, 5.74) is 1.08. The highest BCUT2D eigenvalue weighted by Gasteiger charge is 2.29. The summed E-state index contributed by atoms with van der Waals surface area (Å²) >= 11 is 6.08. The van der Waals surface area contributed by atoms with Gasteiger partial charge in [0.15, 0.2) is 0 Å². The standard InChI is InChI=1S/C17H20ClN3O3/c1-12(22)19-7-9-20(10-8-19)17(24)14-5-4-13(18)11-15(14)21-6-2-3-16(21)23/h4-5,11H,2-3,6-10H2,1H3. The van der Waals surface area contributed by atoms with Crippen LogP contribution in [0.3, 0.4) is 0 Å². The van der Waals surface area contributed by atoms with Crippen LogP contribution in [0.25, 0.3) is 0 Å². The summed E-state index contributed by atoms with van der Waals surface area (Å²) in [6.07, 6.45) is 1.29. The van der Waals surface area contributed by atoms with E-state index in [-0.39, 0.29) is 17.7 Å². The Morgan fingerprint density at radius 3 is 2.29 bits per heavy atom. The highest BCUT2D eigenvalue weighted by molar-refractivity contribution is 6.31. The normalized spacial score (nSPS) is 18.2. The van der Waals surface area contributed by atoms with Crippen LogP contribution in [0.2, 0.25) is 5.02 Å². The van der Waals surface area contributed by atoms with Crippen molar-refractivity contribution in [3.8, 4) is 0 Å². The lowest BCUT2D eigenvalue weighted by Gasteiger charge is -2.35. The third kappa shape index (κ3) is 3.24. The van der Waals surface area contributed by atoms with Crippen molar-refractivity contribution in [2.45, 2.75) is 19.8 Å². The fraction of sp³-hybridized carbons (Fsp3) is 0.471. The Hall–Kier alpha value is -2.08. The van der Waals surface area contributed by atoms with Gasteiger partial charge in [-0.15, -0.1) is 0 Å². The molecule has 2 heterocycles. The number of benzene rings is 1. The van der Waals surface area contributed by atoms with Crippen LogP contribution in [0.5, 0.6) is 0 Å². The number of piperazine rings is 1. The minimum atomic E-state index is -0.121. The molecule has 0 aromatic heterocycles. The molecule has 0 spiro atoms. The molecule has 3 rings (SSSR count). The molecule has 128 valence electrons. The Morgan fingerprint density at radius 1 is 1.04 bits per heavy atom. The molecule has 0 atom stereocenters. The molecule has 1 aromatic rings. The van der Waals surface area contributed by atoms with Crippen LogP contribution in [-0.4, -0.2) is 60.2 Å². The van der Waals surface area contributed by atoms with E-state index in [0.717, 1.165) is 6.42 Å². The molecule has 2 aliphatic rings. The number of carbonyl (C=O) groups excluding carboxylic acids is 3. The first kappa shape index (κ1) is 16.8. The van der Waals surface area contributed by atoms with Gasteiger partial charge >= 0.3 is 0 Å². The first-order valence-corrected chi connectivity index (χ1v) is 8.50. The SMILES string of the molecule is CC(=O)N1CCN(C(=O)c2ccc(Cl)cc2N2CCCC2=O)CC1. The molecule has 0 saturated carbocycles. The number of rotatable bonds is 2. The van der Waals surface area contributed by atoms with Crippen LogP contribution in [0, 0.1) is 0 Å². The lowest BCUT2D eigenvalue weighted by Crippen LogP contribution is -2.50. The number of nitrogens with zero attached hydrogens (tertiary/aromatic N) is 3. The maximum atomic E-state index is 12.9. The second-order valence-corrected chi connectivity index (χ2v) is 6.55. The topological polar surface area (TPSA) is 60.9 Å². The lowest BCUT2D eigenvalue weighted by atomic mass is 10.1. The van der Waals surface area contributed by atoms with Crippen molar-refractivity contribution in [3.05, 3.63) is 28.8 Å². The zero-order valence-corrected chi connectivity index (χ0v) is 14.4. The van der Waals surface area contributed by atoms with Gasteiger partial charge in [0, 0.05) is 51.1 Å². The van der Waals surface area contributed by atoms with E-state index in [2.05, 4.69) is 0 Å². The number of halogens is 1. The number of amides is 3. The number of hydrogen-bond acceptors (Lipinski definition) is 3. The molecule has 24 heavy (non-hydrogen) atoms. The van der Waals surface area contributed by atoms with Crippen molar-refractivity contribution >= 4 is 35.0 Å². The van der Waals surface area contributed by atoms with Gasteiger partial charge in [0.05, 0.1) is 11.3 Å². The smallest absolute Gasteiger partial charge is 0.256 e.